The third kappa shape index (κ3) is 6.01. The summed E-state index contributed by atoms with van der Waals surface area (Å²) in [5.74, 6) is 0.923. The van der Waals surface area contributed by atoms with Crippen molar-refractivity contribution in [3.05, 3.63) is 54.1 Å². The van der Waals surface area contributed by atoms with Crippen molar-refractivity contribution in [2.24, 2.45) is 0 Å². The summed E-state index contributed by atoms with van der Waals surface area (Å²) in [5, 5.41) is 5.74. The standard InChI is InChI=1S/C19H22N2O5/c1-24-16-7-9-17(10-8-16)26-12-11-20-18(22)13-21-15-5-3-14(4-6-15)19(23)25-2/h3-10,21H,11-13H2,1-2H3,(H,20,22). The van der Waals surface area contributed by atoms with Gasteiger partial charge in [-0.05, 0) is 48.5 Å². The summed E-state index contributed by atoms with van der Waals surface area (Å²) >= 11 is 0. The van der Waals surface area contributed by atoms with Gasteiger partial charge in [0.15, 0.2) is 0 Å². The molecule has 0 bridgehead atoms. The van der Waals surface area contributed by atoms with Crippen molar-refractivity contribution in [1.82, 2.24) is 5.32 Å². The Morgan fingerprint density at radius 1 is 0.923 bits per heavy atom. The highest BCUT2D eigenvalue weighted by molar-refractivity contribution is 5.89. The van der Waals surface area contributed by atoms with Crippen LogP contribution in [-0.2, 0) is 9.53 Å². The van der Waals surface area contributed by atoms with E-state index < -0.39 is 5.97 Å². The number of carbonyl (C=O) groups is 2. The molecule has 0 saturated carbocycles. The van der Waals surface area contributed by atoms with Gasteiger partial charge in [0, 0.05) is 5.69 Å². The van der Waals surface area contributed by atoms with Crippen LogP contribution in [0.2, 0.25) is 0 Å². The Bertz CT molecular complexity index is 714. The maximum atomic E-state index is 11.8. The van der Waals surface area contributed by atoms with Crippen LogP contribution in [0.25, 0.3) is 0 Å². The van der Waals surface area contributed by atoms with Gasteiger partial charge in [-0.2, -0.15) is 0 Å². The number of hydrogen-bond acceptors (Lipinski definition) is 6. The highest BCUT2D eigenvalue weighted by Gasteiger charge is 2.05. The zero-order chi connectivity index (χ0) is 18.8. The molecule has 2 aromatic carbocycles. The van der Waals surface area contributed by atoms with Crippen molar-refractivity contribution in [2.75, 3.05) is 39.2 Å². The number of carbonyl (C=O) groups excluding carboxylic acids is 2. The number of ether oxygens (including phenoxy) is 3. The topological polar surface area (TPSA) is 85.9 Å². The van der Waals surface area contributed by atoms with Gasteiger partial charge in [-0.25, -0.2) is 4.79 Å². The molecule has 0 atom stereocenters. The van der Waals surface area contributed by atoms with Crippen LogP contribution < -0.4 is 20.1 Å². The van der Waals surface area contributed by atoms with E-state index in [1.54, 1.807) is 43.5 Å². The summed E-state index contributed by atoms with van der Waals surface area (Å²) in [5.41, 5.74) is 1.19. The largest absolute Gasteiger partial charge is 0.497 e. The Morgan fingerprint density at radius 3 is 2.19 bits per heavy atom. The molecule has 138 valence electrons. The van der Waals surface area contributed by atoms with Gasteiger partial charge in [0.1, 0.15) is 18.1 Å². The van der Waals surface area contributed by atoms with Gasteiger partial charge < -0.3 is 24.8 Å². The average molecular weight is 358 g/mol. The predicted molar refractivity (Wildman–Crippen MR) is 97.8 cm³/mol. The molecule has 0 aliphatic carbocycles. The van der Waals surface area contributed by atoms with E-state index in [2.05, 4.69) is 15.4 Å². The molecule has 0 aromatic heterocycles. The molecule has 2 rings (SSSR count). The predicted octanol–water partition coefficient (Wildman–Crippen LogP) is 2.09. The minimum atomic E-state index is -0.397. The molecular formula is C19H22N2O5. The average Bonchev–Trinajstić information content (AvgIpc) is 2.70. The van der Waals surface area contributed by atoms with E-state index in [4.69, 9.17) is 9.47 Å². The van der Waals surface area contributed by atoms with Gasteiger partial charge >= 0.3 is 5.97 Å². The zero-order valence-electron chi connectivity index (χ0n) is 14.8. The van der Waals surface area contributed by atoms with Crippen LogP contribution in [0, 0.1) is 0 Å². The van der Waals surface area contributed by atoms with Crippen molar-refractivity contribution in [1.29, 1.82) is 0 Å². The number of nitrogens with one attached hydrogen (secondary N) is 2. The molecule has 0 aliphatic rings. The zero-order valence-corrected chi connectivity index (χ0v) is 14.8. The number of rotatable bonds is 9. The molecule has 26 heavy (non-hydrogen) atoms. The molecule has 0 fully saturated rings. The van der Waals surface area contributed by atoms with Gasteiger partial charge in [0.05, 0.1) is 32.9 Å². The van der Waals surface area contributed by atoms with E-state index in [1.165, 1.54) is 7.11 Å². The van der Waals surface area contributed by atoms with Crippen molar-refractivity contribution >= 4 is 17.6 Å². The quantitative estimate of drug-likeness (QED) is 0.527. The molecule has 0 saturated heterocycles. The van der Waals surface area contributed by atoms with Crippen LogP contribution >= 0.6 is 0 Å². The van der Waals surface area contributed by atoms with Crippen LogP contribution in [0.5, 0.6) is 11.5 Å². The first-order valence-electron chi connectivity index (χ1n) is 8.08. The number of benzene rings is 2. The lowest BCUT2D eigenvalue weighted by Crippen LogP contribution is -2.33. The number of hydrogen-bond donors (Lipinski definition) is 2. The number of anilines is 1. The molecule has 2 N–H and O–H groups in total. The monoisotopic (exact) mass is 358 g/mol. The van der Waals surface area contributed by atoms with E-state index in [0.29, 0.717) is 24.5 Å². The Kier molecular flexibility index (Phi) is 7.30. The first kappa shape index (κ1) is 19.1. The second kappa shape index (κ2) is 9.93. The molecule has 1 amide bonds. The summed E-state index contributed by atoms with van der Waals surface area (Å²) in [6.07, 6.45) is 0. The SMILES string of the molecule is COC(=O)c1ccc(NCC(=O)NCCOc2ccc(OC)cc2)cc1. The summed E-state index contributed by atoms with van der Waals surface area (Å²) in [7, 11) is 2.93. The van der Waals surface area contributed by atoms with Crippen LogP contribution in [0.3, 0.4) is 0 Å². The van der Waals surface area contributed by atoms with E-state index >= 15 is 0 Å². The van der Waals surface area contributed by atoms with Gasteiger partial charge in [0.25, 0.3) is 0 Å². The van der Waals surface area contributed by atoms with Crippen molar-refractivity contribution in [2.45, 2.75) is 0 Å². The van der Waals surface area contributed by atoms with Crippen molar-refractivity contribution in [3.63, 3.8) is 0 Å². The fourth-order valence-electron chi connectivity index (χ4n) is 2.12. The Hall–Kier alpha value is -3.22. The van der Waals surface area contributed by atoms with Gasteiger partial charge in [-0.1, -0.05) is 0 Å². The second-order valence-corrected chi connectivity index (χ2v) is 5.30. The number of methoxy groups -OCH3 is 2. The number of amides is 1. The van der Waals surface area contributed by atoms with Crippen LogP contribution in [-0.4, -0.2) is 45.8 Å². The minimum absolute atomic E-state index is 0.125. The summed E-state index contributed by atoms with van der Waals surface area (Å²) in [6.45, 7) is 0.889. The molecule has 0 spiro atoms. The van der Waals surface area contributed by atoms with E-state index in [-0.39, 0.29) is 12.5 Å². The summed E-state index contributed by atoms with van der Waals surface area (Å²) < 4.78 is 15.2. The summed E-state index contributed by atoms with van der Waals surface area (Å²) in [6, 6.07) is 13.9. The maximum absolute atomic E-state index is 11.8. The van der Waals surface area contributed by atoms with Crippen LogP contribution in [0.15, 0.2) is 48.5 Å². The maximum Gasteiger partial charge on any atom is 0.337 e. The lowest BCUT2D eigenvalue weighted by atomic mass is 10.2. The highest BCUT2D eigenvalue weighted by Crippen LogP contribution is 2.16. The molecule has 7 nitrogen and oxygen atoms in total. The lowest BCUT2D eigenvalue weighted by Gasteiger charge is -2.10. The van der Waals surface area contributed by atoms with E-state index in [9.17, 15) is 9.59 Å². The first-order chi connectivity index (χ1) is 12.6. The van der Waals surface area contributed by atoms with Crippen molar-refractivity contribution in [3.8, 4) is 11.5 Å². The minimum Gasteiger partial charge on any atom is -0.497 e. The number of esters is 1. The van der Waals surface area contributed by atoms with Gasteiger partial charge in [-0.15, -0.1) is 0 Å². The summed E-state index contributed by atoms with van der Waals surface area (Å²) in [4.78, 5) is 23.2. The van der Waals surface area contributed by atoms with Crippen LogP contribution in [0.1, 0.15) is 10.4 Å². The van der Waals surface area contributed by atoms with Gasteiger partial charge in [0.2, 0.25) is 5.91 Å². The second-order valence-electron chi connectivity index (χ2n) is 5.30. The smallest absolute Gasteiger partial charge is 0.337 e. The third-order valence-corrected chi connectivity index (χ3v) is 3.51. The first-order valence-corrected chi connectivity index (χ1v) is 8.08. The Morgan fingerprint density at radius 2 is 1.58 bits per heavy atom. The van der Waals surface area contributed by atoms with E-state index in [0.717, 1.165) is 11.4 Å². The molecule has 7 heteroatoms. The molecule has 2 aromatic rings. The molecule has 0 unspecified atom stereocenters. The Labute approximate surface area is 152 Å². The van der Waals surface area contributed by atoms with Crippen molar-refractivity contribution < 1.29 is 23.8 Å². The molecule has 0 radical (unpaired) electrons. The molecule has 0 heterocycles. The van der Waals surface area contributed by atoms with Crippen LogP contribution in [0.4, 0.5) is 5.69 Å². The normalized spacial score (nSPS) is 9.92. The van der Waals surface area contributed by atoms with Gasteiger partial charge in [-0.3, -0.25) is 4.79 Å². The molecular weight excluding hydrogens is 336 g/mol. The molecule has 0 aliphatic heterocycles. The lowest BCUT2D eigenvalue weighted by molar-refractivity contribution is -0.119. The Balaban J connectivity index is 1.64. The third-order valence-electron chi connectivity index (χ3n) is 3.51. The van der Waals surface area contributed by atoms with E-state index in [1.807, 2.05) is 12.1 Å². The fraction of sp³-hybridized carbons (Fsp3) is 0.263. The fourth-order valence-corrected chi connectivity index (χ4v) is 2.12. The highest BCUT2D eigenvalue weighted by atomic mass is 16.5.